The minimum atomic E-state index is -0.250. The number of pyridine rings is 1. The molecule has 1 amide bonds. The minimum Gasteiger partial charge on any atom is -0.363 e. The van der Waals surface area contributed by atoms with Crippen LogP contribution in [0.5, 0.6) is 0 Å². The number of carbonyl (C=O) groups excluding carboxylic acids is 1. The van der Waals surface area contributed by atoms with Crippen LogP contribution in [0, 0.1) is 0 Å². The molecule has 0 saturated heterocycles. The zero-order chi connectivity index (χ0) is 14.7. The highest BCUT2D eigenvalue weighted by molar-refractivity contribution is 6.30. The molecule has 0 atom stereocenters. The van der Waals surface area contributed by atoms with E-state index in [2.05, 4.69) is 10.3 Å². The molecule has 20 heavy (non-hydrogen) atoms. The van der Waals surface area contributed by atoms with Crippen molar-refractivity contribution in [2.75, 3.05) is 24.3 Å². The molecule has 0 bridgehead atoms. The third-order valence-corrected chi connectivity index (χ3v) is 3.05. The summed E-state index contributed by atoms with van der Waals surface area (Å²) in [7, 11) is 3.67. The smallest absolute Gasteiger partial charge is 0.255 e. The van der Waals surface area contributed by atoms with Crippen LogP contribution in [-0.2, 0) is 0 Å². The zero-order valence-corrected chi connectivity index (χ0v) is 12.5. The van der Waals surface area contributed by atoms with E-state index in [1.165, 1.54) is 6.07 Å². The number of anilines is 2. The Morgan fingerprint density at radius 2 is 1.80 bits per heavy atom. The quantitative estimate of drug-likeness (QED) is 0.879. The molecule has 2 rings (SSSR count). The monoisotopic (exact) mass is 309 g/mol. The van der Waals surface area contributed by atoms with Crippen molar-refractivity contribution in [3.8, 4) is 0 Å². The first kappa shape index (κ1) is 14.6. The number of amides is 1. The largest absolute Gasteiger partial charge is 0.363 e. The number of nitrogens with one attached hydrogen (secondary N) is 1. The third-order valence-electron chi connectivity index (χ3n) is 2.60. The van der Waals surface area contributed by atoms with Crippen LogP contribution < -0.4 is 10.2 Å². The maximum atomic E-state index is 12.2. The van der Waals surface area contributed by atoms with Crippen molar-refractivity contribution < 1.29 is 4.79 Å². The highest BCUT2D eigenvalue weighted by Crippen LogP contribution is 2.19. The summed E-state index contributed by atoms with van der Waals surface area (Å²) in [6.45, 7) is 0. The van der Waals surface area contributed by atoms with E-state index in [0.717, 1.165) is 0 Å². The predicted molar refractivity (Wildman–Crippen MR) is 83.0 cm³/mol. The Kier molecular flexibility index (Phi) is 4.47. The van der Waals surface area contributed by atoms with E-state index in [1.807, 2.05) is 14.1 Å². The van der Waals surface area contributed by atoms with Gasteiger partial charge in [0.1, 0.15) is 11.0 Å². The number of benzene rings is 1. The maximum absolute atomic E-state index is 12.2. The second-order valence-electron chi connectivity index (χ2n) is 4.39. The van der Waals surface area contributed by atoms with Crippen molar-refractivity contribution >= 4 is 40.6 Å². The van der Waals surface area contributed by atoms with Gasteiger partial charge in [0.25, 0.3) is 5.91 Å². The van der Waals surface area contributed by atoms with Crippen molar-refractivity contribution in [3.05, 3.63) is 52.1 Å². The van der Waals surface area contributed by atoms with Crippen LogP contribution in [0.15, 0.2) is 36.4 Å². The molecule has 1 N–H and O–H groups in total. The Morgan fingerprint density at radius 1 is 1.15 bits per heavy atom. The van der Waals surface area contributed by atoms with Crippen LogP contribution in [-0.4, -0.2) is 25.0 Å². The van der Waals surface area contributed by atoms with Gasteiger partial charge in [-0.1, -0.05) is 23.2 Å². The molecule has 0 radical (unpaired) electrons. The molecular formula is C14H13Cl2N3O. The summed E-state index contributed by atoms with van der Waals surface area (Å²) in [4.78, 5) is 18.1. The summed E-state index contributed by atoms with van der Waals surface area (Å²) in [5, 5.41) is 3.67. The average molecular weight is 310 g/mol. The summed E-state index contributed by atoms with van der Waals surface area (Å²) >= 11 is 11.7. The first-order valence-corrected chi connectivity index (χ1v) is 6.63. The van der Waals surface area contributed by atoms with E-state index in [9.17, 15) is 4.79 Å². The molecular weight excluding hydrogens is 297 g/mol. The first-order chi connectivity index (χ1) is 9.45. The Balaban J connectivity index is 2.22. The van der Waals surface area contributed by atoms with Crippen molar-refractivity contribution in [2.45, 2.75) is 0 Å². The number of rotatable bonds is 3. The van der Waals surface area contributed by atoms with Gasteiger partial charge in [-0.3, -0.25) is 4.79 Å². The molecule has 0 unspecified atom stereocenters. The molecule has 1 heterocycles. The van der Waals surface area contributed by atoms with Crippen molar-refractivity contribution in [1.82, 2.24) is 4.98 Å². The Bertz CT molecular complexity index is 627. The van der Waals surface area contributed by atoms with Gasteiger partial charge in [-0.05, 0) is 36.4 Å². The number of halogens is 2. The number of carbonyl (C=O) groups is 1. The summed E-state index contributed by atoms with van der Waals surface area (Å²) in [5.41, 5.74) is 1.11. The Hall–Kier alpha value is -1.78. The molecule has 2 aromatic rings. The fraction of sp³-hybridized carbons (Fsp3) is 0.143. The average Bonchev–Trinajstić information content (AvgIpc) is 2.40. The van der Waals surface area contributed by atoms with Crippen LogP contribution in [0.25, 0.3) is 0 Å². The topological polar surface area (TPSA) is 45.2 Å². The van der Waals surface area contributed by atoms with E-state index in [4.69, 9.17) is 23.2 Å². The summed E-state index contributed by atoms with van der Waals surface area (Å²) in [6, 6.07) is 10.1. The zero-order valence-electron chi connectivity index (χ0n) is 11.0. The van der Waals surface area contributed by atoms with Gasteiger partial charge in [-0.15, -0.1) is 0 Å². The lowest BCUT2D eigenvalue weighted by Gasteiger charge is -2.13. The number of aromatic nitrogens is 1. The first-order valence-electron chi connectivity index (χ1n) is 5.87. The normalized spacial score (nSPS) is 10.2. The Labute approximate surface area is 127 Å². The van der Waals surface area contributed by atoms with Crippen LogP contribution in [0.3, 0.4) is 0 Å². The molecule has 104 valence electrons. The van der Waals surface area contributed by atoms with Crippen molar-refractivity contribution in [1.29, 1.82) is 0 Å². The molecule has 4 nitrogen and oxygen atoms in total. The van der Waals surface area contributed by atoms with Crippen molar-refractivity contribution in [3.63, 3.8) is 0 Å². The minimum absolute atomic E-state index is 0.250. The lowest BCUT2D eigenvalue weighted by atomic mass is 10.2. The standard InChI is InChI=1S/C14H13Cl2N3O/c1-19(2)13-8-9(7-12(16)18-13)14(20)17-11-5-3-10(15)4-6-11/h3-8H,1-2H3,(H,17,20). The molecule has 0 saturated carbocycles. The number of hydrogen-bond donors (Lipinski definition) is 1. The van der Waals surface area contributed by atoms with Gasteiger partial charge >= 0.3 is 0 Å². The maximum Gasteiger partial charge on any atom is 0.255 e. The SMILES string of the molecule is CN(C)c1cc(C(=O)Nc2ccc(Cl)cc2)cc(Cl)n1. The summed E-state index contributed by atoms with van der Waals surface area (Å²) < 4.78 is 0. The van der Waals surface area contributed by atoms with E-state index in [1.54, 1.807) is 35.2 Å². The van der Waals surface area contributed by atoms with E-state index < -0.39 is 0 Å². The molecule has 0 spiro atoms. The van der Waals surface area contributed by atoms with Gasteiger partial charge in [0.2, 0.25) is 0 Å². The number of hydrogen-bond acceptors (Lipinski definition) is 3. The van der Waals surface area contributed by atoms with Gasteiger partial charge in [0.05, 0.1) is 0 Å². The fourth-order valence-corrected chi connectivity index (χ4v) is 1.91. The lowest BCUT2D eigenvalue weighted by Crippen LogP contribution is -2.15. The van der Waals surface area contributed by atoms with Crippen LogP contribution in [0.4, 0.5) is 11.5 Å². The fourth-order valence-electron chi connectivity index (χ4n) is 1.58. The predicted octanol–water partition coefficient (Wildman–Crippen LogP) is 3.71. The number of nitrogens with zero attached hydrogens (tertiary/aromatic N) is 2. The van der Waals surface area contributed by atoms with E-state index >= 15 is 0 Å². The van der Waals surface area contributed by atoms with Gasteiger partial charge in [-0.25, -0.2) is 4.98 Å². The van der Waals surface area contributed by atoms with E-state index in [-0.39, 0.29) is 11.1 Å². The van der Waals surface area contributed by atoms with Crippen molar-refractivity contribution in [2.24, 2.45) is 0 Å². The molecule has 1 aromatic carbocycles. The summed E-state index contributed by atoms with van der Waals surface area (Å²) in [5.74, 6) is 0.374. The highest BCUT2D eigenvalue weighted by atomic mass is 35.5. The van der Waals surface area contributed by atoms with Crippen LogP contribution in [0.2, 0.25) is 10.2 Å². The van der Waals surface area contributed by atoms with E-state index in [0.29, 0.717) is 22.1 Å². The van der Waals surface area contributed by atoms with Gasteiger partial charge in [0.15, 0.2) is 0 Å². The third kappa shape index (κ3) is 3.62. The van der Waals surface area contributed by atoms with Crippen LogP contribution in [0.1, 0.15) is 10.4 Å². The molecule has 6 heteroatoms. The second kappa shape index (κ2) is 6.11. The Morgan fingerprint density at radius 3 is 2.40 bits per heavy atom. The van der Waals surface area contributed by atoms with Gasteiger partial charge in [0, 0.05) is 30.4 Å². The van der Waals surface area contributed by atoms with Gasteiger partial charge in [-0.2, -0.15) is 0 Å². The molecule has 0 aliphatic carbocycles. The molecule has 1 aromatic heterocycles. The molecule has 0 fully saturated rings. The molecule has 0 aliphatic heterocycles. The highest BCUT2D eigenvalue weighted by Gasteiger charge is 2.10. The second-order valence-corrected chi connectivity index (χ2v) is 5.22. The summed E-state index contributed by atoms with van der Waals surface area (Å²) in [6.07, 6.45) is 0. The van der Waals surface area contributed by atoms with Gasteiger partial charge < -0.3 is 10.2 Å². The van der Waals surface area contributed by atoms with Crippen LogP contribution >= 0.6 is 23.2 Å². The molecule has 0 aliphatic rings. The lowest BCUT2D eigenvalue weighted by molar-refractivity contribution is 0.102.